The molecule has 2 amide bonds. The lowest BCUT2D eigenvalue weighted by atomic mass is 10.00. The van der Waals surface area contributed by atoms with Gasteiger partial charge in [-0.25, -0.2) is 0 Å². The Labute approximate surface area is 142 Å². The molecule has 0 aliphatic carbocycles. The SMILES string of the molecule is CCCN1C(=O)CCc2cc(NC(=O)c3ccccc3C)ccc21. The molecule has 0 spiro atoms. The number of benzene rings is 2. The molecule has 0 saturated heterocycles. The van der Waals surface area contributed by atoms with Crippen LogP contribution in [0.3, 0.4) is 0 Å². The number of fused-ring (bicyclic) bond motifs is 1. The summed E-state index contributed by atoms with van der Waals surface area (Å²) in [5, 5.41) is 2.96. The second kappa shape index (κ2) is 6.87. The molecule has 4 heteroatoms. The summed E-state index contributed by atoms with van der Waals surface area (Å²) < 4.78 is 0. The summed E-state index contributed by atoms with van der Waals surface area (Å²) in [6.45, 7) is 4.73. The number of hydrogen-bond acceptors (Lipinski definition) is 2. The fraction of sp³-hybridized carbons (Fsp3) is 0.300. The number of aryl methyl sites for hydroxylation is 2. The first-order valence-electron chi connectivity index (χ1n) is 8.40. The Kier molecular flexibility index (Phi) is 4.65. The number of hydrogen-bond donors (Lipinski definition) is 1. The van der Waals surface area contributed by atoms with Crippen molar-refractivity contribution >= 4 is 23.2 Å². The monoisotopic (exact) mass is 322 g/mol. The average Bonchev–Trinajstić information content (AvgIpc) is 2.58. The van der Waals surface area contributed by atoms with Crippen LogP contribution in [0.15, 0.2) is 42.5 Å². The summed E-state index contributed by atoms with van der Waals surface area (Å²) in [6.07, 6.45) is 2.18. The van der Waals surface area contributed by atoms with Gasteiger partial charge in [0.15, 0.2) is 0 Å². The van der Waals surface area contributed by atoms with Gasteiger partial charge in [-0.1, -0.05) is 25.1 Å². The maximum Gasteiger partial charge on any atom is 0.255 e. The molecule has 24 heavy (non-hydrogen) atoms. The second-order valence-electron chi connectivity index (χ2n) is 6.16. The first kappa shape index (κ1) is 16.2. The lowest BCUT2D eigenvalue weighted by Crippen LogP contribution is -2.35. The zero-order valence-corrected chi connectivity index (χ0v) is 14.1. The third kappa shape index (κ3) is 3.18. The summed E-state index contributed by atoms with van der Waals surface area (Å²) in [5.74, 6) is 0.0754. The maximum absolute atomic E-state index is 12.4. The van der Waals surface area contributed by atoms with Crippen LogP contribution in [0.2, 0.25) is 0 Å². The van der Waals surface area contributed by atoms with Crippen LogP contribution in [-0.4, -0.2) is 18.4 Å². The Bertz CT molecular complexity index is 783. The van der Waals surface area contributed by atoms with Gasteiger partial charge in [0.05, 0.1) is 0 Å². The van der Waals surface area contributed by atoms with E-state index < -0.39 is 0 Å². The predicted octanol–water partition coefficient (Wildman–Crippen LogP) is 3.94. The van der Waals surface area contributed by atoms with Crippen molar-refractivity contribution < 1.29 is 9.59 Å². The van der Waals surface area contributed by atoms with Crippen LogP contribution in [0.5, 0.6) is 0 Å². The highest BCUT2D eigenvalue weighted by molar-refractivity contribution is 6.05. The highest BCUT2D eigenvalue weighted by Gasteiger charge is 2.23. The standard InChI is InChI=1S/C20H22N2O2/c1-3-12-22-18-10-9-16(13-15(18)8-11-19(22)23)21-20(24)17-7-5-4-6-14(17)2/h4-7,9-10,13H,3,8,11-12H2,1-2H3,(H,21,24). The quantitative estimate of drug-likeness (QED) is 0.927. The van der Waals surface area contributed by atoms with Gasteiger partial charge >= 0.3 is 0 Å². The summed E-state index contributed by atoms with van der Waals surface area (Å²) in [5.41, 5.74) is 4.49. The zero-order chi connectivity index (χ0) is 17.1. The van der Waals surface area contributed by atoms with Crippen LogP contribution < -0.4 is 10.2 Å². The summed E-state index contributed by atoms with van der Waals surface area (Å²) in [4.78, 5) is 26.4. The Morgan fingerprint density at radius 1 is 1.17 bits per heavy atom. The molecule has 0 saturated carbocycles. The van der Waals surface area contributed by atoms with E-state index in [1.54, 1.807) is 0 Å². The molecule has 1 N–H and O–H groups in total. The van der Waals surface area contributed by atoms with Gasteiger partial charge in [-0.2, -0.15) is 0 Å². The van der Waals surface area contributed by atoms with E-state index >= 15 is 0 Å². The first-order valence-corrected chi connectivity index (χ1v) is 8.40. The van der Waals surface area contributed by atoms with Crippen molar-refractivity contribution in [3.8, 4) is 0 Å². The van der Waals surface area contributed by atoms with E-state index in [-0.39, 0.29) is 11.8 Å². The Morgan fingerprint density at radius 3 is 2.71 bits per heavy atom. The largest absolute Gasteiger partial charge is 0.322 e. The molecule has 3 rings (SSSR count). The maximum atomic E-state index is 12.4. The Hall–Kier alpha value is -2.62. The summed E-state index contributed by atoms with van der Waals surface area (Å²) in [7, 11) is 0. The van der Waals surface area contributed by atoms with Crippen LogP contribution in [0.4, 0.5) is 11.4 Å². The van der Waals surface area contributed by atoms with Crippen LogP contribution in [0.25, 0.3) is 0 Å². The zero-order valence-electron chi connectivity index (χ0n) is 14.1. The smallest absolute Gasteiger partial charge is 0.255 e. The fourth-order valence-corrected chi connectivity index (χ4v) is 3.13. The van der Waals surface area contributed by atoms with Crippen LogP contribution in [0, 0.1) is 6.92 Å². The molecular formula is C20H22N2O2. The molecule has 0 fully saturated rings. The molecule has 1 aliphatic heterocycles. The number of rotatable bonds is 4. The summed E-state index contributed by atoms with van der Waals surface area (Å²) in [6, 6.07) is 13.3. The highest BCUT2D eigenvalue weighted by Crippen LogP contribution is 2.30. The molecule has 0 bridgehead atoms. The van der Waals surface area contributed by atoms with Crippen molar-refractivity contribution in [3.63, 3.8) is 0 Å². The van der Waals surface area contributed by atoms with Crippen molar-refractivity contribution in [1.29, 1.82) is 0 Å². The second-order valence-corrected chi connectivity index (χ2v) is 6.16. The van der Waals surface area contributed by atoms with Gasteiger partial charge in [-0.05, 0) is 55.2 Å². The minimum Gasteiger partial charge on any atom is -0.322 e. The predicted molar refractivity (Wildman–Crippen MR) is 96.5 cm³/mol. The van der Waals surface area contributed by atoms with E-state index in [4.69, 9.17) is 0 Å². The van der Waals surface area contributed by atoms with Crippen molar-refractivity contribution in [1.82, 2.24) is 0 Å². The molecule has 2 aromatic rings. The lowest BCUT2D eigenvalue weighted by molar-refractivity contribution is -0.118. The minimum atomic E-state index is -0.106. The van der Waals surface area contributed by atoms with E-state index in [0.717, 1.165) is 41.9 Å². The Balaban J connectivity index is 1.83. The molecule has 4 nitrogen and oxygen atoms in total. The van der Waals surface area contributed by atoms with E-state index in [9.17, 15) is 9.59 Å². The van der Waals surface area contributed by atoms with E-state index in [1.807, 2.05) is 54.3 Å². The number of carbonyl (C=O) groups is 2. The number of carbonyl (C=O) groups excluding carboxylic acids is 2. The minimum absolute atomic E-state index is 0.106. The van der Waals surface area contributed by atoms with E-state index in [1.165, 1.54) is 0 Å². The molecule has 1 aliphatic rings. The lowest BCUT2D eigenvalue weighted by Gasteiger charge is -2.29. The van der Waals surface area contributed by atoms with Gasteiger partial charge in [-0.3, -0.25) is 9.59 Å². The highest BCUT2D eigenvalue weighted by atomic mass is 16.2. The van der Waals surface area contributed by atoms with Crippen molar-refractivity contribution in [2.24, 2.45) is 0 Å². The van der Waals surface area contributed by atoms with Gasteiger partial charge in [0.2, 0.25) is 5.91 Å². The normalized spacial score (nSPS) is 13.6. The van der Waals surface area contributed by atoms with Gasteiger partial charge in [0, 0.05) is 29.9 Å². The topological polar surface area (TPSA) is 49.4 Å². The molecule has 0 radical (unpaired) electrons. The molecule has 1 heterocycles. The molecule has 0 atom stereocenters. The number of nitrogens with one attached hydrogen (secondary N) is 1. The van der Waals surface area contributed by atoms with Gasteiger partial charge in [0.25, 0.3) is 5.91 Å². The number of nitrogens with zero attached hydrogens (tertiary/aromatic N) is 1. The summed E-state index contributed by atoms with van der Waals surface area (Å²) >= 11 is 0. The van der Waals surface area contributed by atoms with Crippen LogP contribution in [-0.2, 0) is 11.2 Å². The van der Waals surface area contributed by atoms with E-state index in [0.29, 0.717) is 12.0 Å². The van der Waals surface area contributed by atoms with Gasteiger partial charge < -0.3 is 10.2 Å². The molecular weight excluding hydrogens is 300 g/mol. The third-order valence-corrected chi connectivity index (χ3v) is 4.37. The van der Waals surface area contributed by atoms with Crippen molar-refractivity contribution in [3.05, 3.63) is 59.2 Å². The van der Waals surface area contributed by atoms with Gasteiger partial charge in [0.1, 0.15) is 0 Å². The number of amides is 2. The fourth-order valence-electron chi connectivity index (χ4n) is 3.13. The third-order valence-electron chi connectivity index (χ3n) is 4.37. The van der Waals surface area contributed by atoms with E-state index in [2.05, 4.69) is 12.2 Å². The van der Waals surface area contributed by atoms with Crippen LogP contribution >= 0.6 is 0 Å². The van der Waals surface area contributed by atoms with Crippen LogP contribution in [0.1, 0.15) is 41.3 Å². The molecule has 124 valence electrons. The molecule has 0 aromatic heterocycles. The molecule has 2 aromatic carbocycles. The molecule has 0 unspecified atom stereocenters. The average molecular weight is 322 g/mol. The van der Waals surface area contributed by atoms with Gasteiger partial charge in [-0.15, -0.1) is 0 Å². The number of anilines is 2. The van der Waals surface area contributed by atoms with Crippen molar-refractivity contribution in [2.75, 3.05) is 16.8 Å². The first-order chi connectivity index (χ1) is 11.6. The Morgan fingerprint density at radius 2 is 1.96 bits per heavy atom. The van der Waals surface area contributed by atoms with Crippen molar-refractivity contribution in [2.45, 2.75) is 33.1 Å².